The Morgan fingerprint density at radius 3 is 1.94 bits per heavy atom. The third-order valence-corrected chi connectivity index (χ3v) is 6.32. The number of rotatable bonds is 8. The van der Waals surface area contributed by atoms with Crippen LogP contribution in [0.3, 0.4) is 0 Å². The molecule has 1 aliphatic rings. The summed E-state index contributed by atoms with van der Waals surface area (Å²) in [6, 6.07) is 14.7. The van der Waals surface area contributed by atoms with Crippen molar-refractivity contribution >= 4 is 18.0 Å². The zero-order chi connectivity index (χ0) is 25.0. The Labute approximate surface area is 200 Å². The molecule has 3 N–H and O–H groups in total. The summed E-state index contributed by atoms with van der Waals surface area (Å²) in [5.74, 6) is -1.83. The highest BCUT2D eigenvalue weighted by molar-refractivity contribution is 5.84. The SMILES string of the molecule is CC(C)C(NC(=O)CC(NC(=O)OCC1c2ccccc2-c2ccccc21)C(C)(C)C)C(=O)O. The highest BCUT2D eigenvalue weighted by atomic mass is 16.5. The van der Waals surface area contributed by atoms with E-state index in [-0.39, 0.29) is 24.9 Å². The monoisotopic (exact) mass is 466 g/mol. The molecule has 0 heterocycles. The van der Waals surface area contributed by atoms with E-state index < -0.39 is 35.5 Å². The normalized spacial score (nSPS) is 14.6. The highest BCUT2D eigenvalue weighted by Crippen LogP contribution is 2.44. The van der Waals surface area contributed by atoms with Gasteiger partial charge in [-0.05, 0) is 33.6 Å². The number of carbonyl (C=O) groups is 3. The molecule has 7 nitrogen and oxygen atoms in total. The Morgan fingerprint density at radius 1 is 0.941 bits per heavy atom. The van der Waals surface area contributed by atoms with Crippen LogP contribution in [0.15, 0.2) is 48.5 Å². The van der Waals surface area contributed by atoms with Gasteiger partial charge in [0.05, 0.1) is 0 Å². The predicted molar refractivity (Wildman–Crippen MR) is 130 cm³/mol. The predicted octanol–water partition coefficient (Wildman–Crippen LogP) is 4.56. The standard InChI is InChI=1S/C27H34N2O5/c1-16(2)24(25(31)32)29-23(30)14-22(27(3,4)5)28-26(33)34-15-21-19-12-8-6-10-17(19)18-11-7-9-13-20(18)21/h6-13,16,21-22,24H,14-15H2,1-5H3,(H,28,33)(H,29,30)(H,31,32). The molecule has 7 heteroatoms. The van der Waals surface area contributed by atoms with Crippen LogP contribution in [0.4, 0.5) is 4.79 Å². The average molecular weight is 467 g/mol. The summed E-state index contributed by atoms with van der Waals surface area (Å²) < 4.78 is 5.63. The molecular formula is C27H34N2O5. The molecule has 2 aromatic rings. The molecule has 0 bridgehead atoms. The van der Waals surface area contributed by atoms with E-state index in [1.54, 1.807) is 13.8 Å². The van der Waals surface area contributed by atoms with Gasteiger partial charge in [0.25, 0.3) is 0 Å². The van der Waals surface area contributed by atoms with Crippen molar-refractivity contribution in [2.75, 3.05) is 6.61 Å². The minimum absolute atomic E-state index is 0.0514. The van der Waals surface area contributed by atoms with E-state index in [9.17, 15) is 19.5 Å². The summed E-state index contributed by atoms with van der Waals surface area (Å²) in [5, 5.41) is 14.7. The molecule has 182 valence electrons. The van der Waals surface area contributed by atoms with Gasteiger partial charge in [-0.1, -0.05) is 83.1 Å². The molecule has 0 saturated carbocycles. The maximum absolute atomic E-state index is 12.7. The number of alkyl carbamates (subject to hydrolysis) is 1. The van der Waals surface area contributed by atoms with E-state index in [1.807, 2.05) is 45.0 Å². The van der Waals surface area contributed by atoms with Gasteiger partial charge in [-0.2, -0.15) is 0 Å². The van der Waals surface area contributed by atoms with Crippen molar-refractivity contribution in [3.8, 4) is 11.1 Å². The Hall–Kier alpha value is -3.35. The number of ether oxygens (including phenoxy) is 1. The van der Waals surface area contributed by atoms with Crippen molar-refractivity contribution in [3.63, 3.8) is 0 Å². The smallest absolute Gasteiger partial charge is 0.407 e. The molecule has 0 radical (unpaired) electrons. The quantitative estimate of drug-likeness (QED) is 0.529. The fraction of sp³-hybridized carbons (Fsp3) is 0.444. The molecule has 2 aromatic carbocycles. The summed E-state index contributed by atoms with van der Waals surface area (Å²) >= 11 is 0. The van der Waals surface area contributed by atoms with Gasteiger partial charge in [-0.25, -0.2) is 9.59 Å². The number of carboxylic acids is 1. The van der Waals surface area contributed by atoms with E-state index in [0.717, 1.165) is 22.3 Å². The van der Waals surface area contributed by atoms with Crippen molar-refractivity contribution < 1.29 is 24.2 Å². The number of nitrogens with one attached hydrogen (secondary N) is 2. The van der Waals surface area contributed by atoms with Crippen LogP contribution in [0, 0.1) is 11.3 Å². The number of benzene rings is 2. The van der Waals surface area contributed by atoms with Crippen LogP contribution < -0.4 is 10.6 Å². The summed E-state index contributed by atoms with van der Waals surface area (Å²) in [5.41, 5.74) is 4.09. The first-order valence-electron chi connectivity index (χ1n) is 11.6. The van der Waals surface area contributed by atoms with Crippen LogP contribution in [0.2, 0.25) is 0 Å². The average Bonchev–Trinajstić information content (AvgIpc) is 3.08. The molecule has 0 aromatic heterocycles. The van der Waals surface area contributed by atoms with E-state index in [1.165, 1.54) is 0 Å². The van der Waals surface area contributed by atoms with Crippen LogP contribution in [0.5, 0.6) is 0 Å². The number of hydrogen-bond acceptors (Lipinski definition) is 4. The zero-order valence-corrected chi connectivity index (χ0v) is 20.4. The first-order valence-corrected chi connectivity index (χ1v) is 11.6. The van der Waals surface area contributed by atoms with Crippen LogP contribution in [-0.4, -0.2) is 41.8 Å². The first kappa shape index (κ1) is 25.3. The van der Waals surface area contributed by atoms with Gasteiger partial charge in [0.1, 0.15) is 12.6 Å². The van der Waals surface area contributed by atoms with Crippen molar-refractivity contribution in [3.05, 3.63) is 59.7 Å². The Bertz CT molecular complexity index is 1010. The Balaban J connectivity index is 1.65. The fourth-order valence-corrected chi connectivity index (χ4v) is 4.29. The molecule has 0 fully saturated rings. The second-order valence-corrected chi connectivity index (χ2v) is 10.2. The lowest BCUT2D eigenvalue weighted by molar-refractivity contribution is -0.143. The largest absolute Gasteiger partial charge is 0.480 e. The zero-order valence-electron chi connectivity index (χ0n) is 20.4. The maximum Gasteiger partial charge on any atom is 0.407 e. The van der Waals surface area contributed by atoms with Crippen molar-refractivity contribution in [1.29, 1.82) is 0 Å². The van der Waals surface area contributed by atoms with E-state index in [2.05, 4.69) is 34.9 Å². The van der Waals surface area contributed by atoms with Gasteiger partial charge in [0.2, 0.25) is 5.91 Å². The third-order valence-electron chi connectivity index (χ3n) is 6.32. The lowest BCUT2D eigenvalue weighted by Gasteiger charge is -2.31. The number of hydrogen-bond donors (Lipinski definition) is 3. The summed E-state index contributed by atoms with van der Waals surface area (Å²) in [4.78, 5) is 36.7. The number of amides is 2. The molecule has 3 rings (SSSR count). The molecule has 0 spiro atoms. The highest BCUT2D eigenvalue weighted by Gasteiger charge is 2.33. The lowest BCUT2D eigenvalue weighted by atomic mass is 9.84. The van der Waals surface area contributed by atoms with Gasteiger partial charge < -0.3 is 20.5 Å². The van der Waals surface area contributed by atoms with Gasteiger partial charge in [-0.15, -0.1) is 0 Å². The van der Waals surface area contributed by atoms with Gasteiger partial charge in [0.15, 0.2) is 0 Å². The van der Waals surface area contributed by atoms with Crippen LogP contribution in [-0.2, 0) is 14.3 Å². The van der Waals surface area contributed by atoms with Crippen molar-refractivity contribution in [2.45, 2.75) is 59.0 Å². The van der Waals surface area contributed by atoms with Gasteiger partial charge in [0, 0.05) is 18.4 Å². The van der Waals surface area contributed by atoms with Crippen LogP contribution in [0.25, 0.3) is 11.1 Å². The number of aliphatic carboxylic acids is 1. The number of carbonyl (C=O) groups excluding carboxylic acids is 2. The Morgan fingerprint density at radius 2 is 1.47 bits per heavy atom. The summed E-state index contributed by atoms with van der Waals surface area (Å²) in [7, 11) is 0. The van der Waals surface area contributed by atoms with Crippen molar-refractivity contribution in [2.24, 2.45) is 11.3 Å². The lowest BCUT2D eigenvalue weighted by Crippen LogP contribution is -2.50. The number of fused-ring (bicyclic) bond motifs is 3. The maximum atomic E-state index is 12.7. The molecule has 1 aliphatic carbocycles. The van der Waals surface area contributed by atoms with Gasteiger partial charge >= 0.3 is 12.1 Å². The van der Waals surface area contributed by atoms with Crippen molar-refractivity contribution in [1.82, 2.24) is 10.6 Å². The Kier molecular flexibility index (Phi) is 7.64. The second kappa shape index (κ2) is 10.3. The van der Waals surface area contributed by atoms with Gasteiger partial charge in [-0.3, -0.25) is 4.79 Å². The second-order valence-electron chi connectivity index (χ2n) is 10.2. The summed E-state index contributed by atoms with van der Waals surface area (Å²) in [6.07, 6.45) is -0.655. The molecule has 2 atom stereocenters. The first-order chi connectivity index (χ1) is 16.0. The van der Waals surface area contributed by atoms with E-state index >= 15 is 0 Å². The van der Waals surface area contributed by atoms with E-state index in [4.69, 9.17) is 4.74 Å². The van der Waals surface area contributed by atoms with Crippen LogP contribution in [0.1, 0.15) is 58.1 Å². The molecule has 34 heavy (non-hydrogen) atoms. The molecular weight excluding hydrogens is 432 g/mol. The molecule has 0 saturated heterocycles. The number of carboxylic acid groups (broad SMARTS) is 1. The molecule has 2 unspecified atom stereocenters. The van der Waals surface area contributed by atoms with Crippen LogP contribution >= 0.6 is 0 Å². The minimum atomic E-state index is -1.08. The third kappa shape index (κ3) is 5.76. The van der Waals surface area contributed by atoms with E-state index in [0.29, 0.717) is 0 Å². The fourth-order valence-electron chi connectivity index (χ4n) is 4.29. The topological polar surface area (TPSA) is 105 Å². The minimum Gasteiger partial charge on any atom is -0.480 e. The molecule has 2 amide bonds. The molecule has 0 aliphatic heterocycles. The summed E-state index contributed by atoms with van der Waals surface area (Å²) in [6.45, 7) is 9.37.